The fourth-order valence-corrected chi connectivity index (χ4v) is 4.01. The highest BCUT2D eigenvalue weighted by molar-refractivity contribution is 8.13. The van der Waals surface area contributed by atoms with Crippen molar-refractivity contribution in [2.24, 2.45) is 0 Å². The summed E-state index contributed by atoms with van der Waals surface area (Å²) in [7, 11) is 0. The van der Waals surface area contributed by atoms with Crippen LogP contribution in [0.1, 0.15) is 44.6 Å². The number of thioether (sulfide) groups is 1. The van der Waals surface area contributed by atoms with E-state index in [1.54, 1.807) is 0 Å². The molecule has 1 saturated heterocycles. The zero-order valence-corrected chi connectivity index (χ0v) is 18.3. The number of piperazine rings is 1. The first-order chi connectivity index (χ1) is 13.8. The Morgan fingerprint density at radius 2 is 1.79 bits per heavy atom. The van der Waals surface area contributed by atoms with Crippen LogP contribution >= 0.6 is 11.8 Å². The van der Waals surface area contributed by atoms with Gasteiger partial charge in [-0.15, -0.1) is 0 Å². The number of carbonyl (C=O) groups excluding carboxylic acids is 1. The third-order valence-corrected chi connectivity index (χ3v) is 5.99. The monoisotopic (exact) mass is 403 g/mol. The van der Waals surface area contributed by atoms with E-state index in [9.17, 15) is 4.79 Å². The predicted molar refractivity (Wildman–Crippen MR) is 123 cm³/mol. The fourth-order valence-electron chi connectivity index (χ4n) is 3.34. The van der Waals surface area contributed by atoms with Gasteiger partial charge in [0.25, 0.3) is 5.24 Å². The average Bonchev–Trinajstić information content (AvgIpc) is 2.73. The minimum absolute atomic E-state index is 0.145. The normalized spacial score (nSPS) is 15.9. The first-order valence-corrected chi connectivity index (χ1v) is 11.8. The van der Waals surface area contributed by atoms with Crippen LogP contribution in [0, 0.1) is 0 Å². The molecular formula is C23H37N3OS. The molecule has 0 aliphatic carbocycles. The van der Waals surface area contributed by atoms with Gasteiger partial charge in [0.05, 0.1) is 0 Å². The molecule has 0 saturated carbocycles. The highest BCUT2D eigenvalue weighted by atomic mass is 32.2. The Kier molecular flexibility index (Phi) is 12.0. The molecule has 1 aliphatic rings. The summed E-state index contributed by atoms with van der Waals surface area (Å²) in [6.45, 7) is 9.68. The van der Waals surface area contributed by atoms with Crippen molar-refractivity contribution in [1.82, 2.24) is 15.1 Å². The molecule has 2 rings (SSSR count). The number of rotatable bonds is 12. The maximum Gasteiger partial charge on any atom is 0.279 e. The van der Waals surface area contributed by atoms with Gasteiger partial charge in [-0.25, -0.2) is 0 Å². The van der Waals surface area contributed by atoms with Gasteiger partial charge in [-0.3, -0.25) is 9.69 Å². The quantitative estimate of drug-likeness (QED) is 0.512. The first kappa shape index (κ1) is 23.0. The van der Waals surface area contributed by atoms with E-state index in [0.717, 1.165) is 64.4 Å². The van der Waals surface area contributed by atoms with Crippen LogP contribution < -0.4 is 5.32 Å². The molecule has 0 radical (unpaired) electrons. The molecule has 1 fully saturated rings. The molecule has 1 aliphatic heterocycles. The van der Waals surface area contributed by atoms with Crippen molar-refractivity contribution in [2.75, 3.05) is 51.6 Å². The topological polar surface area (TPSA) is 35.6 Å². The van der Waals surface area contributed by atoms with Crippen LogP contribution in [0.15, 0.2) is 36.4 Å². The summed E-state index contributed by atoms with van der Waals surface area (Å²) in [5.41, 5.74) is 1.27. The van der Waals surface area contributed by atoms with Crippen LogP contribution in [0.5, 0.6) is 0 Å². The molecule has 0 spiro atoms. The van der Waals surface area contributed by atoms with Gasteiger partial charge < -0.3 is 10.2 Å². The SMILES string of the molecule is CCCCCCNC(=O)SCCCN1CCN(CC=Cc2ccccc2)CC1. The molecule has 0 unspecified atom stereocenters. The Balaban J connectivity index is 1.46. The summed E-state index contributed by atoms with van der Waals surface area (Å²) in [6.07, 6.45) is 10.4. The Hall–Kier alpha value is -1.30. The second-order valence-corrected chi connectivity index (χ2v) is 8.50. The predicted octanol–water partition coefficient (Wildman–Crippen LogP) is 4.73. The number of hydrogen-bond acceptors (Lipinski definition) is 4. The third kappa shape index (κ3) is 10.3. The highest BCUT2D eigenvalue weighted by Crippen LogP contribution is 2.08. The molecule has 1 aromatic carbocycles. The summed E-state index contributed by atoms with van der Waals surface area (Å²) >= 11 is 1.44. The Labute approximate surface area is 175 Å². The van der Waals surface area contributed by atoms with Gasteiger partial charge >= 0.3 is 0 Å². The van der Waals surface area contributed by atoms with Crippen molar-refractivity contribution in [2.45, 2.75) is 39.0 Å². The van der Waals surface area contributed by atoms with Crippen molar-refractivity contribution in [3.8, 4) is 0 Å². The van der Waals surface area contributed by atoms with E-state index in [1.165, 1.54) is 36.6 Å². The van der Waals surface area contributed by atoms with Gasteiger partial charge in [-0.1, -0.05) is 80.4 Å². The van der Waals surface area contributed by atoms with Crippen molar-refractivity contribution < 1.29 is 4.79 Å². The van der Waals surface area contributed by atoms with Crippen LogP contribution in [-0.4, -0.2) is 66.6 Å². The molecule has 0 aromatic heterocycles. The summed E-state index contributed by atoms with van der Waals surface area (Å²) in [6, 6.07) is 10.5. The lowest BCUT2D eigenvalue weighted by Crippen LogP contribution is -2.46. The van der Waals surface area contributed by atoms with Gasteiger partial charge in [0, 0.05) is 45.0 Å². The standard InChI is InChI=1S/C23H37N3OS/c1-2-3-4-8-14-24-23(27)28-21-10-16-26-19-17-25(18-20-26)15-9-13-22-11-6-5-7-12-22/h5-7,9,11-13H,2-4,8,10,14-21H2,1H3,(H,24,27). The van der Waals surface area contributed by atoms with Gasteiger partial charge in [0.1, 0.15) is 0 Å². The summed E-state index contributed by atoms with van der Waals surface area (Å²) in [4.78, 5) is 16.8. The number of hydrogen-bond donors (Lipinski definition) is 1. The van der Waals surface area contributed by atoms with Crippen molar-refractivity contribution in [1.29, 1.82) is 0 Å². The molecule has 1 amide bonds. The molecule has 1 N–H and O–H groups in total. The lowest BCUT2D eigenvalue weighted by molar-refractivity contribution is 0.143. The molecule has 5 heteroatoms. The second kappa shape index (κ2) is 14.7. The largest absolute Gasteiger partial charge is 0.347 e. The maximum atomic E-state index is 11.8. The molecule has 1 heterocycles. The Morgan fingerprint density at radius 3 is 2.54 bits per heavy atom. The minimum atomic E-state index is 0.145. The average molecular weight is 404 g/mol. The van der Waals surface area contributed by atoms with E-state index in [4.69, 9.17) is 0 Å². The summed E-state index contributed by atoms with van der Waals surface area (Å²) < 4.78 is 0. The molecule has 0 bridgehead atoms. The number of carbonyl (C=O) groups is 1. The minimum Gasteiger partial charge on any atom is -0.347 e. The molecule has 156 valence electrons. The number of benzene rings is 1. The van der Waals surface area contributed by atoms with E-state index in [0.29, 0.717) is 0 Å². The van der Waals surface area contributed by atoms with Crippen LogP contribution in [0.4, 0.5) is 4.79 Å². The smallest absolute Gasteiger partial charge is 0.279 e. The lowest BCUT2D eigenvalue weighted by atomic mass is 10.2. The summed E-state index contributed by atoms with van der Waals surface area (Å²) in [5.74, 6) is 0.917. The van der Waals surface area contributed by atoms with E-state index in [-0.39, 0.29) is 5.24 Å². The van der Waals surface area contributed by atoms with Gasteiger partial charge in [-0.05, 0) is 24.9 Å². The van der Waals surface area contributed by atoms with Crippen molar-refractivity contribution in [3.63, 3.8) is 0 Å². The number of nitrogens with one attached hydrogen (secondary N) is 1. The van der Waals surface area contributed by atoms with Crippen LogP contribution in [-0.2, 0) is 0 Å². The Bertz CT molecular complexity index is 556. The van der Waals surface area contributed by atoms with Gasteiger partial charge in [0.2, 0.25) is 0 Å². The second-order valence-electron chi connectivity index (χ2n) is 7.43. The third-order valence-electron chi connectivity index (χ3n) is 5.09. The Morgan fingerprint density at radius 1 is 1.04 bits per heavy atom. The lowest BCUT2D eigenvalue weighted by Gasteiger charge is -2.34. The van der Waals surface area contributed by atoms with E-state index >= 15 is 0 Å². The molecule has 4 nitrogen and oxygen atoms in total. The van der Waals surface area contributed by atoms with Crippen LogP contribution in [0.2, 0.25) is 0 Å². The van der Waals surface area contributed by atoms with Gasteiger partial charge in [-0.2, -0.15) is 0 Å². The van der Waals surface area contributed by atoms with Crippen molar-refractivity contribution >= 4 is 23.1 Å². The van der Waals surface area contributed by atoms with E-state index in [1.807, 2.05) is 0 Å². The van der Waals surface area contributed by atoms with Crippen LogP contribution in [0.3, 0.4) is 0 Å². The first-order valence-electron chi connectivity index (χ1n) is 10.8. The molecule has 28 heavy (non-hydrogen) atoms. The highest BCUT2D eigenvalue weighted by Gasteiger charge is 2.15. The number of amides is 1. The zero-order chi connectivity index (χ0) is 19.9. The van der Waals surface area contributed by atoms with Crippen molar-refractivity contribution in [3.05, 3.63) is 42.0 Å². The number of nitrogens with zero attached hydrogens (tertiary/aromatic N) is 2. The molecule has 0 atom stereocenters. The van der Waals surface area contributed by atoms with Gasteiger partial charge in [0.15, 0.2) is 0 Å². The summed E-state index contributed by atoms with van der Waals surface area (Å²) in [5, 5.41) is 3.16. The van der Waals surface area contributed by atoms with E-state index < -0.39 is 0 Å². The zero-order valence-electron chi connectivity index (χ0n) is 17.4. The van der Waals surface area contributed by atoms with Crippen LogP contribution in [0.25, 0.3) is 6.08 Å². The number of unbranched alkanes of at least 4 members (excludes halogenated alkanes) is 3. The maximum absolute atomic E-state index is 11.8. The van der Waals surface area contributed by atoms with E-state index in [2.05, 4.69) is 64.5 Å². The molecule has 1 aromatic rings. The fraction of sp³-hybridized carbons (Fsp3) is 0.609. The molecular weight excluding hydrogens is 366 g/mol.